The zero-order valence-corrected chi connectivity index (χ0v) is 30.7. The molecule has 5 heteroatoms. The summed E-state index contributed by atoms with van der Waals surface area (Å²) in [6, 6.07) is 68.4. The maximum absolute atomic E-state index is 6.58. The Bertz CT molecular complexity index is 3460. The van der Waals surface area contributed by atoms with E-state index in [1.54, 1.807) is 0 Å². The maximum atomic E-state index is 6.58. The molecule has 0 fully saturated rings. The van der Waals surface area contributed by atoms with E-state index >= 15 is 0 Å². The summed E-state index contributed by atoms with van der Waals surface area (Å²) in [5.41, 5.74) is 13.3. The SMILES string of the molecule is c1ccc(-c2cc(-c3ccccc3)nc(-n3c4ccccc4c4cc(-c5ccc6c7ccccc7n(-c7cccc8c7oc7ccccc78)c6c5)ccc43)n2)cc1. The second-order valence-corrected chi connectivity index (χ2v) is 14.6. The molecule has 0 amide bonds. The molecule has 0 bridgehead atoms. The Labute approximate surface area is 327 Å². The number of rotatable bonds is 5. The maximum Gasteiger partial charge on any atom is 0.235 e. The van der Waals surface area contributed by atoms with Gasteiger partial charge in [-0.25, -0.2) is 9.97 Å². The van der Waals surface area contributed by atoms with Gasteiger partial charge < -0.3 is 8.98 Å². The van der Waals surface area contributed by atoms with Crippen molar-refractivity contribution in [2.75, 3.05) is 0 Å². The number of aromatic nitrogens is 4. The van der Waals surface area contributed by atoms with E-state index in [0.29, 0.717) is 5.95 Å². The van der Waals surface area contributed by atoms with Crippen LogP contribution in [0.2, 0.25) is 0 Å². The third-order valence-corrected chi connectivity index (χ3v) is 11.4. The summed E-state index contributed by atoms with van der Waals surface area (Å²) < 4.78 is 11.2. The van der Waals surface area contributed by atoms with Crippen LogP contribution in [0.25, 0.3) is 111 Å². The predicted molar refractivity (Wildman–Crippen MR) is 234 cm³/mol. The fraction of sp³-hybridized carbons (Fsp3) is 0. The first-order chi connectivity index (χ1) is 28.3. The van der Waals surface area contributed by atoms with Gasteiger partial charge in [0.25, 0.3) is 0 Å². The highest BCUT2D eigenvalue weighted by atomic mass is 16.3. The number of furan rings is 1. The smallest absolute Gasteiger partial charge is 0.235 e. The normalized spacial score (nSPS) is 11.9. The highest BCUT2D eigenvalue weighted by molar-refractivity contribution is 6.14. The largest absolute Gasteiger partial charge is 0.454 e. The lowest BCUT2D eigenvalue weighted by molar-refractivity contribution is 0.666. The molecule has 0 aliphatic heterocycles. The van der Waals surface area contributed by atoms with Crippen molar-refractivity contribution in [2.24, 2.45) is 0 Å². The number of benzene rings is 8. The van der Waals surface area contributed by atoms with Gasteiger partial charge in [0.05, 0.1) is 39.1 Å². The minimum absolute atomic E-state index is 0.639. The van der Waals surface area contributed by atoms with E-state index in [2.05, 4.69) is 179 Å². The van der Waals surface area contributed by atoms with E-state index in [9.17, 15) is 0 Å². The van der Waals surface area contributed by atoms with Crippen LogP contribution in [0.5, 0.6) is 0 Å². The van der Waals surface area contributed by atoms with Crippen molar-refractivity contribution < 1.29 is 4.42 Å². The van der Waals surface area contributed by atoms with Crippen molar-refractivity contribution in [3.8, 4) is 45.3 Å². The van der Waals surface area contributed by atoms with Crippen LogP contribution in [0.1, 0.15) is 0 Å². The summed E-state index contributed by atoms with van der Waals surface area (Å²) in [7, 11) is 0. The molecule has 4 heterocycles. The molecule has 0 unspecified atom stereocenters. The fourth-order valence-electron chi connectivity index (χ4n) is 8.73. The van der Waals surface area contributed by atoms with E-state index in [4.69, 9.17) is 14.4 Å². The minimum atomic E-state index is 0.639. The molecule has 0 aliphatic rings. The number of hydrogen-bond acceptors (Lipinski definition) is 3. The van der Waals surface area contributed by atoms with Crippen LogP contribution < -0.4 is 0 Å². The highest BCUT2D eigenvalue weighted by Crippen LogP contribution is 2.41. The molecule has 8 aromatic carbocycles. The molecule has 12 aromatic rings. The van der Waals surface area contributed by atoms with E-state index < -0.39 is 0 Å². The standard InChI is InChI=1S/C52H32N4O/c1-3-14-33(15-4-1)43-32-44(34-16-5-2-6-17-34)54-52(53-43)56-46-23-11-8-19-38(46)42-30-35(27-29-47(42)56)36-26-28-39-37-18-7-10-22-45(37)55(49(39)31-36)48-24-13-21-41-40-20-9-12-25-50(40)57-51(41)48/h1-32H. The third kappa shape index (κ3) is 4.89. The Kier molecular flexibility index (Phi) is 6.86. The van der Waals surface area contributed by atoms with Crippen LogP contribution in [0, 0.1) is 0 Å². The first-order valence-corrected chi connectivity index (χ1v) is 19.2. The topological polar surface area (TPSA) is 48.8 Å². The molecule has 4 aromatic heterocycles. The van der Waals surface area contributed by atoms with Crippen molar-refractivity contribution in [1.82, 2.24) is 19.1 Å². The second kappa shape index (κ2) is 12.4. The number of hydrogen-bond donors (Lipinski definition) is 0. The molecule has 5 nitrogen and oxygen atoms in total. The first-order valence-electron chi connectivity index (χ1n) is 19.2. The number of fused-ring (bicyclic) bond motifs is 9. The highest BCUT2D eigenvalue weighted by Gasteiger charge is 2.20. The minimum Gasteiger partial charge on any atom is -0.454 e. The van der Waals surface area contributed by atoms with Crippen LogP contribution in [0.3, 0.4) is 0 Å². The lowest BCUT2D eigenvalue weighted by atomic mass is 10.0. The molecule has 12 rings (SSSR count). The van der Waals surface area contributed by atoms with Gasteiger partial charge in [0, 0.05) is 43.4 Å². The Hall–Kier alpha value is -7.76. The summed E-state index contributed by atoms with van der Waals surface area (Å²) in [4.78, 5) is 10.4. The molecule has 0 saturated carbocycles. The monoisotopic (exact) mass is 728 g/mol. The van der Waals surface area contributed by atoms with E-state index in [1.807, 2.05) is 24.3 Å². The van der Waals surface area contributed by atoms with Crippen LogP contribution in [-0.2, 0) is 0 Å². The van der Waals surface area contributed by atoms with Crippen molar-refractivity contribution in [2.45, 2.75) is 0 Å². The molecule has 266 valence electrons. The molecule has 0 spiro atoms. The van der Waals surface area contributed by atoms with Gasteiger partial charge >= 0.3 is 0 Å². The molecular formula is C52H32N4O. The van der Waals surface area contributed by atoms with Crippen LogP contribution in [0.15, 0.2) is 199 Å². The third-order valence-electron chi connectivity index (χ3n) is 11.4. The van der Waals surface area contributed by atoms with Crippen LogP contribution in [0.4, 0.5) is 0 Å². The summed E-state index contributed by atoms with van der Waals surface area (Å²) in [6.07, 6.45) is 0. The van der Waals surface area contributed by atoms with Gasteiger partial charge in [0.1, 0.15) is 5.58 Å². The van der Waals surface area contributed by atoms with E-state index in [1.165, 1.54) is 10.8 Å². The quantitative estimate of drug-likeness (QED) is 0.177. The van der Waals surface area contributed by atoms with Crippen molar-refractivity contribution in [3.63, 3.8) is 0 Å². The Morgan fingerprint density at radius 1 is 0.333 bits per heavy atom. The molecule has 0 atom stereocenters. The van der Waals surface area contributed by atoms with E-state index in [0.717, 1.165) is 94.1 Å². The number of para-hydroxylation sites is 4. The van der Waals surface area contributed by atoms with Crippen LogP contribution >= 0.6 is 0 Å². The van der Waals surface area contributed by atoms with Crippen molar-refractivity contribution in [3.05, 3.63) is 194 Å². The zero-order valence-electron chi connectivity index (χ0n) is 30.7. The van der Waals surface area contributed by atoms with Gasteiger partial charge in [0.2, 0.25) is 5.95 Å². The summed E-state index contributed by atoms with van der Waals surface area (Å²) >= 11 is 0. The predicted octanol–water partition coefficient (Wildman–Crippen LogP) is 13.6. The van der Waals surface area contributed by atoms with Gasteiger partial charge in [-0.1, -0.05) is 146 Å². The van der Waals surface area contributed by atoms with Crippen molar-refractivity contribution in [1.29, 1.82) is 0 Å². The lowest BCUT2D eigenvalue weighted by Gasteiger charge is -2.12. The Balaban J connectivity index is 1.06. The van der Waals surface area contributed by atoms with Gasteiger partial charge in [-0.05, 0) is 59.7 Å². The first kappa shape index (κ1) is 31.6. The number of nitrogens with zero attached hydrogens (tertiary/aromatic N) is 4. The molecule has 0 N–H and O–H groups in total. The summed E-state index contributed by atoms with van der Waals surface area (Å²) in [6.45, 7) is 0. The zero-order chi connectivity index (χ0) is 37.5. The van der Waals surface area contributed by atoms with Gasteiger partial charge in [-0.3, -0.25) is 4.57 Å². The summed E-state index contributed by atoms with van der Waals surface area (Å²) in [5, 5.41) is 6.93. The summed E-state index contributed by atoms with van der Waals surface area (Å²) in [5.74, 6) is 0.639. The van der Waals surface area contributed by atoms with Crippen LogP contribution in [-0.4, -0.2) is 19.1 Å². The molecule has 0 aliphatic carbocycles. The average Bonchev–Trinajstić information content (AvgIpc) is 3.94. The van der Waals surface area contributed by atoms with Crippen molar-refractivity contribution >= 4 is 65.6 Å². The molecule has 0 saturated heterocycles. The lowest BCUT2D eigenvalue weighted by Crippen LogP contribution is -2.03. The van der Waals surface area contributed by atoms with E-state index in [-0.39, 0.29) is 0 Å². The molecular weight excluding hydrogens is 697 g/mol. The van der Waals surface area contributed by atoms with Gasteiger partial charge in [-0.2, -0.15) is 0 Å². The second-order valence-electron chi connectivity index (χ2n) is 14.6. The van der Waals surface area contributed by atoms with Gasteiger partial charge in [-0.15, -0.1) is 0 Å². The average molecular weight is 729 g/mol. The van der Waals surface area contributed by atoms with Gasteiger partial charge in [0.15, 0.2) is 5.58 Å². The fourth-order valence-corrected chi connectivity index (χ4v) is 8.73. The Morgan fingerprint density at radius 3 is 1.61 bits per heavy atom. The Morgan fingerprint density at radius 2 is 0.877 bits per heavy atom. The molecule has 0 radical (unpaired) electrons. The molecule has 57 heavy (non-hydrogen) atoms.